The molecule has 0 unspecified atom stereocenters. The van der Waals surface area contributed by atoms with Gasteiger partial charge >= 0.3 is 6.01 Å². The number of hydrogen-bond acceptors (Lipinski definition) is 10. The number of aromatic nitrogens is 3. The van der Waals surface area contributed by atoms with Crippen molar-refractivity contribution >= 4 is 56.0 Å². The molecule has 2 aliphatic rings. The van der Waals surface area contributed by atoms with Crippen LogP contribution in [0.15, 0.2) is 51.6 Å². The number of fused-ring (bicyclic) bond motifs is 2. The van der Waals surface area contributed by atoms with Crippen LogP contribution in [-0.2, 0) is 0 Å². The van der Waals surface area contributed by atoms with Gasteiger partial charge in [0.15, 0.2) is 5.82 Å². The minimum Gasteiger partial charge on any atom is -0.506 e. The van der Waals surface area contributed by atoms with Gasteiger partial charge in [0.1, 0.15) is 46.4 Å². The summed E-state index contributed by atoms with van der Waals surface area (Å²) in [6, 6.07) is 7.01. The molecule has 2 aliphatic heterocycles. The Kier molecular flexibility index (Phi) is 9.19. The zero-order chi connectivity index (χ0) is 33.6. The molecule has 2 aromatic heterocycles. The van der Waals surface area contributed by atoms with Crippen molar-refractivity contribution in [3.63, 3.8) is 0 Å². The summed E-state index contributed by atoms with van der Waals surface area (Å²) in [5, 5.41) is 24.1. The van der Waals surface area contributed by atoms with Gasteiger partial charge in [-0.15, -0.1) is 0 Å². The largest absolute Gasteiger partial charge is 0.506 e. The fraction of sp³-hybridized carbons (Fsp3) is 0.312. The van der Waals surface area contributed by atoms with E-state index in [0.29, 0.717) is 29.3 Å². The first-order valence-corrected chi connectivity index (χ1v) is 16.6. The number of anilines is 1. The molecule has 0 bridgehead atoms. The van der Waals surface area contributed by atoms with E-state index in [9.17, 15) is 19.1 Å². The minimum absolute atomic E-state index is 0.00367. The Balaban J connectivity index is 1.52. The van der Waals surface area contributed by atoms with E-state index in [2.05, 4.69) is 47.7 Å². The number of aromatic hydroxyl groups is 1. The van der Waals surface area contributed by atoms with Crippen LogP contribution >= 0.6 is 39.3 Å². The average molecular weight is 747 g/mol. The molecule has 2 fully saturated rings. The Hall–Kier alpha value is -3.77. The molecule has 0 radical (unpaired) electrons. The summed E-state index contributed by atoms with van der Waals surface area (Å²) in [6.45, 7) is 6.49. The normalized spacial score (nSPS) is 19.8. The molecule has 15 heteroatoms. The van der Waals surface area contributed by atoms with Crippen molar-refractivity contribution in [1.82, 2.24) is 19.9 Å². The van der Waals surface area contributed by atoms with Crippen molar-refractivity contribution in [2.75, 3.05) is 25.0 Å². The molecule has 0 spiro atoms. The Morgan fingerprint density at radius 2 is 2.17 bits per heavy atom. The van der Waals surface area contributed by atoms with Gasteiger partial charge in [-0.3, -0.25) is 4.90 Å². The highest BCUT2D eigenvalue weighted by Gasteiger charge is 2.49. The summed E-state index contributed by atoms with van der Waals surface area (Å²) < 4.78 is 52.7. The second kappa shape index (κ2) is 13.0. The number of nitrogens with one attached hydrogen (secondary N) is 1. The number of phenolic OH excluding ortho intramolecular Hbond substituents is 1. The predicted molar refractivity (Wildman–Crippen MR) is 178 cm³/mol. The smallest absolute Gasteiger partial charge is 0.319 e. The topological polar surface area (TPSA) is 133 Å². The molecule has 4 heterocycles. The number of alkyl halides is 1. The van der Waals surface area contributed by atoms with Crippen LogP contribution in [0.3, 0.4) is 0 Å². The Bertz CT molecular complexity index is 1970. The lowest BCUT2D eigenvalue weighted by Gasteiger charge is -2.31. The third-order valence-corrected chi connectivity index (χ3v) is 10.4. The van der Waals surface area contributed by atoms with Crippen LogP contribution < -0.4 is 15.8 Å². The van der Waals surface area contributed by atoms with Crippen LogP contribution in [-0.4, -0.2) is 56.4 Å². The fourth-order valence-corrected chi connectivity index (χ4v) is 7.99. The van der Waals surface area contributed by atoms with E-state index >= 15 is 4.39 Å². The third kappa shape index (κ3) is 6.06. The monoisotopic (exact) mass is 745 g/mol. The summed E-state index contributed by atoms with van der Waals surface area (Å²) in [6.07, 6.45) is 2.54. The zero-order valence-corrected chi connectivity index (χ0v) is 28.1. The number of thioether (sulfide) groups is 1. The van der Waals surface area contributed by atoms with E-state index in [1.54, 1.807) is 12.3 Å². The summed E-state index contributed by atoms with van der Waals surface area (Å²) in [7, 11) is 0. The van der Waals surface area contributed by atoms with Crippen LogP contribution in [0.2, 0.25) is 5.02 Å². The molecule has 6 rings (SSSR count). The molecule has 47 heavy (non-hydrogen) atoms. The number of nitrogens with two attached hydrogens (primary N) is 1. The van der Waals surface area contributed by atoms with Crippen molar-refractivity contribution < 1.29 is 23.0 Å². The number of rotatable bonds is 9. The summed E-state index contributed by atoms with van der Waals surface area (Å²) in [4.78, 5) is 15.0. The highest BCUT2D eigenvalue weighted by Crippen LogP contribution is 2.48. The van der Waals surface area contributed by atoms with Crippen molar-refractivity contribution in [2.24, 2.45) is 5.73 Å². The van der Waals surface area contributed by atoms with Gasteiger partial charge in [-0.2, -0.15) is 15.2 Å². The predicted octanol–water partition coefficient (Wildman–Crippen LogP) is 7.61. The molecular formula is C32H28BrClF3N7O2S. The number of ether oxygens (including phenoxy) is 1. The SMILES string of the molecule is C=C(N)Sc1c(F)ccc(-c2c(Cl)c(O)c3c(N[C@H](C)c4cccnc4Br)nc(OC[C@@]45CCCN4C[C@H](F)C5)nc3c2F)c1C#N. The van der Waals surface area contributed by atoms with Gasteiger partial charge in [-0.1, -0.05) is 36.0 Å². The van der Waals surface area contributed by atoms with E-state index in [1.807, 2.05) is 19.1 Å². The van der Waals surface area contributed by atoms with Gasteiger partial charge in [0.2, 0.25) is 0 Å². The van der Waals surface area contributed by atoms with Crippen molar-refractivity contribution in [2.45, 2.75) is 48.8 Å². The number of pyridine rings is 1. The minimum atomic E-state index is -1.01. The van der Waals surface area contributed by atoms with Gasteiger partial charge in [-0.05, 0) is 60.4 Å². The Morgan fingerprint density at radius 3 is 2.89 bits per heavy atom. The van der Waals surface area contributed by atoms with E-state index in [4.69, 9.17) is 22.1 Å². The maximum Gasteiger partial charge on any atom is 0.319 e. The van der Waals surface area contributed by atoms with Crippen molar-refractivity contribution in [3.8, 4) is 29.0 Å². The van der Waals surface area contributed by atoms with E-state index in [-0.39, 0.29) is 56.0 Å². The van der Waals surface area contributed by atoms with Gasteiger partial charge in [-0.25, -0.2) is 18.2 Å². The van der Waals surface area contributed by atoms with E-state index in [1.165, 1.54) is 6.07 Å². The summed E-state index contributed by atoms with van der Waals surface area (Å²) >= 11 is 10.8. The van der Waals surface area contributed by atoms with Gasteiger partial charge in [0.05, 0.1) is 37.5 Å². The molecule has 2 saturated heterocycles. The fourth-order valence-electron chi connectivity index (χ4n) is 6.43. The van der Waals surface area contributed by atoms with E-state index < -0.39 is 40.2 Å². The van der Waals surface area contributed by atoms with Crippen LogP contribution in [0.4, 0.5) is 19.0 Å². The lowest BCUT2D eigenvalue weighted by molar-refractivity contribution is 0.107. The molecular weight excluding hydrogens is 719 g/mol. The molecule has 0 saturated carbocycles. The highest BCUT2D eigenvalue weighted by molar-refractivity contribution is 9.10. The van der Waals surface area contributed by atoms with Crippen LogP contribution in [0.5, 0.6) is 11.8 Å². The van der Waals surface area contributed by atoms with Gasteiger partial charge in [0, 0.05) is 35.9 Å². The molecule has 3 atom stereocenters. The van der Waals surface area contributed by atoms with Gasteiger partial charge in [0.25, 0.3) is 0 Å². The standard InChI is InChI=1S/C32H28BrClF3N7O2S/c1-15(18-5-3-9-40-29(18)33)41-30-23-26(42-31(43-30)46-14-32-8-4-10-44(32)13-17(35)11-32)25(37)22(24(34)27(23)45)19-6-7-21(36)28(20(19)12-38)47-16(2)39/h3,5-7,9,15,17,45H,2,4,8,10-11,13-14,39H2,1H3,(H,41,42,43)/t15-,17-,32+/m1/s1. The maximum atomic E-state index is 16.8. The Morgan fingerprint density at radius 1 is 1.38 bits per heavy atom. The molecule has 9 nitrogen and oxygen atoms in total. The quantitative estimate of drug-likeness (QED) is 0.116. The first-order chi connectivity index (χ1) is 22.4. The number of hydrogen-bond donors (Lipinski definition) is 3. The van der Waals surface area contributed by atoms with Crippen LogP contribution in [0.1, 0.15) is 43.4 Å². The number of halogens is 5. The second-order valence-corrected chi connectivity index (χ2v) is 13.8. The van der Waals surface area contributed by atoms with Crippen molar-refractivity contribution in [1.29, 1.82) is 5.26 Å². The Labute approximate surface area is 286 Å². The highest BCUT2D eigenvalue weighted by atomic mass is 79.9. The number of nitriles is 1. The molecule has 4 N–H and O–H groups in total. The lowest BCUT2D eigenvalue weighted by atomic mass is 9.95. The number of nitrogens with zero attached hydrogens (tertiary/aromatic N) is 5. The van der Waals surface area contributed by atoms with E-state index in [0.717, 1.165) is 31.0 Å². The summed E-state index contributed by atoms with van der Waals surface area (Å²) in [5.41, 5.74) is 4.78. The number of phenols is 1. The molecule has 2 aromatic carbocycles. The molecule has 0 aliphatic carbocycles. The van der Waals surface area contributed by atoms with Crippen molar-refractivity contribution in [3.05, 3.63) is 74.5 Å². The van der Waals surface area contributed by atoms with Crippen LogP contribution in [0, 0.1) is 23.0 Å². The first-order valence-electron chi connectivity index (χ1n) is 14.6. The molecule has 4 aromatic rings. The maximum absolute atomic E-state index is 16.8. The zero-order valence-electron chi connectivity index (χ0n) is 25.0. The molecule has 0 amide bonds. The second-order valence-electron chi connectivity index (χ2n) is 11.5. The molecule has 244 valence electrons. The average Bonchev–Trinajstić information content (AvgIpc) is 3.56. The first kappa shape index (κ1) is 33.1. The van der Waals surface area contributed by atoms with Gasteiger partial charge < -0.3 is 20.9 Å². The summed E-state index contributed by atoms with van der Waals surface area (Å²) in [5.74, 6) is -2.36. The van der Waals surface area contributed by atoms with Crippen LogP contribution in [0.25, 0.3) is 22.0 Å². The lowest BCUT2D eigenvalue weighted by Crippen LogP contribution is -2.43. The third-order valence-electron chi connectivity index (χ3n) is 8.54. The number of benzene rings is 2.